The Labute approximate surface area is 128 Å². The van der Waals surface area contributed by atoms with Crippen LogP contribution in [0.1, 0.15) is 0 Å². The molecule has 1 saturated heterocycles. The van der Waals surface area contributed by atoms with Crippen LogP contribution < -0.4 is 10.1 Å². The van der Waals surface area contributed by atoms with Gasteiger partial charge in [-0.3, -0.25) is 4.79 Å². The summed E-state index contributed by atoms with van der Waals surface area (Å²) >= 11 is 0. The molecule has 1 aliphatic rings. The first-order valence-corrected chi connectivity index (χ1v) is 6.45. The van der Waals surface area contributed by atoms with Crippen molar-refractivity contribution in [1.82, 2.24) is 15.1 Å². The van der Waals surface area contributed by atoms with E-state index in [1.807, 2.05) is 0 Å². The van der Waals surface area contributed by atoms with E-state index in [0.29, 0.717) is 0 Å². The summed E-state index contributed by atoms with van der Waals surface area (Å²) in [5, 5.41) is 18.4. The van der Waals surface area contributed by atoms with Gasteiger partial charge in [-0.2, -0.15) is 18.3 Å². The SMILES string of the molecule is COc1nnccc1NC(=O)N1C[C@@H](C(F)(F)F)[C@H](C(=O)O)C1. The Kier molecular flexibility index (Phi) is 4.57. The fraction of sp³-hybridized carbons (Fsp3) is 0.500. The van der Waals surface area contributed by atoms with Crippen LogP contribution in [-0.4, -0.2) is 58.6 Å². The van der Waals surface area contributed by atoms with E-state index in [1.54, 1.807) is 0 Å². The number of nitrogens with zero attached hydrogens (tertiary/aromatic N) is 3. The number of carbonyl (C=O) groups is 2. The summed E-state index contributed by atoms with van der Waals surface area (Å²) in [5.41, 5.74) is 0.120. The number of methoxy groups -OCH3 is 1. The zero-order valence-electron chi connectivity index (χ0n) is 11.9. The first-order chi connectivity index (χ1) is 10.7. The second-order valence-corrected chi connectivity index (χ2v) is 4.88. The number of hydrogen-bond donors (Lipinski definition) is 2. The molecule has 8 nitrogen and oxygen atoms in total. The predicted octanol–water partition coefficient (Wildman–Crippen LogP) is 1.21. The zero-order chi connectivity index (χ0) is 17.2. The monoisotopic (exact) mass is 334 g/mol. The Balaban J connectivity index is 2.13. The number of amides is 2. The first kappa shape index (κ1) is 16.8. The van der Waals surface area contributed by atoms with Crippen LogP contribution in [0.5, 0.6) is 5.88 Å². The highest BCUT2D eigenvalue weighted by atomic mass is 19.4. The summed E-state index contributed by atoms with van der Waals surface area (Å²) in [6, 6.07) is 0.490. The summed E-state index contributed by atoms with van der Waals surface area (Å²) in [5.74, 6) is -5.41. The minimum absolute atomic E-state index is 0.0118. The molecule has 11 heteroatoms. The van der Waals surface area contributed by atoms with Gasteiger partial charge in [0.2, 0.25) is 0 Å². The number of ether oxygens (including phenoxy) is 1. The Hall–Kier alpha value is -2.59. The predicted molar refractivity (Wildman–Crippen MR) is 69.8 cm³/mol. The lowest BCUT2D eigenvalue weighted by Gasteiger charge is -2.19. The lowest BCUT2D eigenvalue weighted by atomic mass is 9.96. The topological polar surface area (TPSA) is 105 Å². The van der Waals surface area contributed by atoms with Crippen LogP contribution in [0.25, 0.3) is 0 Å². The highest BCUT2D eigenvalue weighted by Crippen LogP contribution is 2.38. The van der Waals surface area contributed by atoms with E-state index in [0.717, 1.165) is 4.90 Å². The maximum absolute atomic E-state index is 12.9. The molecule has 1 fully saturated rings. The van der Waals surface area contributed by atoms with Crippen LogP contribution in [-0.2, 0) is 4.79 Å². The number of carboxylic acid groups (broad SMARTS) is 1. The molecule has 2 amide bonds. The molecule has 2 atom stereocenters. The lowest BCUT2D eigenvalue weighted by Crippen LogP contribution is -2.35. The number of nitrogens with one attached hydrogen (secondary N) is 1. The largest absolute Gasteiger partial charge is 0.481 e. The molecule has 23 heavy (non-hydrogen) atoms. The average Bonchev–Trinajstić information content (AvgIpc) is 2.93. The molecule has 2 N–H and O–H groups in total. The van der Waals surface area contributed by atoms with Crippen LogP contribution in [0.2, 0.25) is 0 Å². The quantitative estimate of drug-likeness (QED) is 0.861. The molecule has 1 aliphatic heterocycles. The molecular formula is C12H13F3N4O4. The standard InChI is InChI=1S/C12H13F3N4O4/c1-23-9-8(2-3-16-18-9)17-11(22)19-4-6(10(20)21)7(5-19)12(13,14)15/h2-3,6-7H,4-5H2,1H3,(H,20,21)(H,16,17,22)/t6-,7-/m1/s1. The summed E-state index contributed by atoms with van der Waals surface area (Å²) < 4.78 is 43.5. The molecule has 2 heterocycles. The summed E-state index contributed by atoms with van der Waals surface area (Å²) in [4.78, 5) is 23.9. The molecule has 1 aromatic heterocycles. The molecule has 2 rings (SSSR count). The van der Waals surface area contributed by atoms with Crippen molar-refractivity contribution in [3.63, 3.8) is 0 Å². The first-order valence-electron chi connectivity index (χ1n) is 6.45. The van der Waals surface area contributed by atoms with Gasteiger partial charge in [0, 0.05) is 13.1 Å². The Morgan fingerprint density at radius 2 is 2.13 bits per heavy atom. The molecule has 0 saturated carbocycles. The smallest absolute Gasteiger partial charge is 0.394 e. The van der Waals surface area contributed by atoms with Crippen molar-refractivity contribution in [2.45, 2.75) is 6.18 Å². The van der Waals surface area contributed by atoms with Gasteiger partial charge in [0.25, 0.3) is 5.88 Å². The maximum Gasteiger partial charge on any atom is 0.394 e. The number of hydrogen-bond acceptors (Lipinski definition) is 5. The number of likely N-dealkylation sites (tertiary alicyclic amines) is 1. The number of urea groups is 1. The average molecular weight is 334 g/mol. The molecule has 1 aromatic rings. The Morgan fingerprint density at radius 3 is 2.65 bits per heavy atom. The third-order valence-electron chi connectivity index (χ3n) is 3.47. The number of carbonyl (C=O) groups excluding carboxylic acids is 1. The van der Waals surface area contributed by atoms with Gasteiger partial charge in [-0.25, -0.2) is 4.79 Å². The van der Waals surface area contributed by atoms with Crippen LogP contribution in [0.15, 0.2) is 12.3 Å². The van der Waals surface area contributed by atoms with Crippen LogP contribution in [0.4, 0.5) is 23.7 Å². The number of carboxylic acids is 1. The summed E-state index contributed by atoms with van der Waals surface area (Å²) in [6.45, 7) is -1.26. The number of rotatable bonds is 3. The van der Waals surface area contributed by atoms with Gasteiger partial charge in [-0.15, -0.1) is 5.10 Å². The number of aliphatic carboxylic acids is 1. The second kappa shape index (κ2) is 6.26. The van der Waals surface area contributed by atoms with Crippen molar-refractivity contribution in [2.75, 3.05) is 25.5 Å². The molecule has 0 aliphatic carbocycles. The van der Waals surface area contributed by atoms with Crippen molar-refractivity contribution in [1.29, 1.82) is 0 Å². The fourth-order valence-corrected chi connectivity index (χ4v) is 2.31. The van der Waals surface area contributed by atoms with Crippen LogP contribution in [0, 0.1) is 11.8 Å². The van der Waals surface area contributed by atoms with Crippen LogP contribution in [0.3, 0.4) is 0 Å². The molecular weight excluding hydrogens is 321 g/mol. The van der Waals surface area contributed by atoms with Crippen molar-refractivity contribution < 1.29 is 32.6 Å². The van der Waals surface area contributed by atoms with E-state index in [1.165, 1.54) is 19.4 Å². The van der Waals surface area contributed by atoms with Crippen molar-refractivity contribution >= 4 is 17.7 Å². The van der Waals surface area contributed by atoms with Gasteiger partial charge in [-0.1, -0.05) is 0 Å². The van der Waals surface area contributed by atoms with Crippen molar-refractivity contribution in [3.8, 4) is 5.88 Å². The van der Waals surface area contributed by atoms with Gasteiger partial charge in [0.15, 0.2) is 0 Å². The van der Waals surface area contributed by atoms with E-state index in [2.05, 4.69) is 15.5 Å². The second-order valence-electron chi connectivity index (χ2n) is 4.88. The summed E-state index contributed by atoms with van der Waals surface area (Å²) in [6.07, 6.45) is -3.44. The lowest BCUT2D eigenvalue weighted by molar-refractivity contribution is -0.187. The van der Waals surface area contributed by atoms with Gasteiger partial charge in [0.1, 0.15) is 5.69 Å². The highest BCUT2D eigenvalue weighted by molar-refractivity contribution is 5.91. The molecule has 0 aromatic carbocycles. The number of alkyl halides is 3. The van der Waals surface area contributed by atoms with E-state index in [9.17, 15) is 22.8 Å². The Bertz CT molecular complexity index is 610. The van der Waals surface area contributed by atoms with Gasteiger partial charge < -0.3 is 20.1 Å². The molecule has 126 valence electrons. The summed E-state index contributed by atoms with van der Waals surface area (Å²) in [7, 11) is 1.29. The van der Waals surface area contributed by atoms with E-state index >= 15 is 0 Å². The normalized spacial score (nSPS) is 21.1. The Morgan fingerprint density at radius 1 is 1.43 bits per heavy atom. The fourth-order valence-electron chi connectivity index (χ4n) is 2.31. The van der Waals surface area contributed by atoms with Crippen LogP contribution >= 0.6 is 0 Å². The molecule has 0 unspecified atom stereocenters. The minimum Gasteiger partial charge on any atom is -0.481 e. The third-order valence-corrected chi connectivity index (χ3v) is 3.47. The maximum atomic E-state index is 12.9. The number of halogens is 3. The van der Waals surface area contributed by atoms with E-state index in [-0.39, 0.29) is 11.6 Å². The molecule has 0 radical (unpaired) electrons. The highest BCUT2D eigenvalue weighted by Gasteiger charge is 2.53. The van der Waals surface area contributed by atoms with E-state index < -0.39 is 43.1 Å². The van der Waals surface area contributed by atoms with Gasteiger partial charge in [-0.05, 0) is 6.07 Å². The number of aromatic nitrogens is 2. The minimum atomic E-state index is -4.70. The van der Waals surface area contributed by atoms with Gasteiger partial charge >= 0.3 is 18.2 Å². The molecule has 0 bridgehead atoms. The zero-order valence-corrected chi connectivity index (χ0v) is 11.9. The third kappa shape index (κ3) is 3.60. The van der Waals surface area contributed by atoms with Crippen molar-refractivity contribution in [3.05, 3.63) is 12.3 Å². The number of anilines is 1. The molecule has 0 spiro atoms. The van der Waals surface area contributed by atoms with Crippen molar-refractivity contribution in [2.24, 2.45) is 11.8 Å². The van der Waals surface area contributed by atoms with Gasteiger partial charge in [0.05, 0.1) is 25.1 Å². The van der Waals surface area contributed by atoms with E-state index in [4.69, 9.17) is 9.84 Å².